The molecule has 0 unspecified atom stereocenters. The molecular formula is C103H84BCl3N2Na2O5P4Pd. The van der Waals surface area contributed by atoms with Crippen LogP contribution in [0.3, 0.4) is 0 Å². The minimum absolute atomic E-state index is 0. The Morgan fingerprint density at radius 1 is 0.281 bits per heavy atom. The van der Waals surface area contributed by atoms with Gasteiger partial charge in [0.2, 0.25) is 0 Å². The molecule has 0 radical (unpaired) electrons. The van der Waals surface area contributed by atoms with Crippen molar-refractivity contribution in [2.24, 2.45) is 0 Å². The monoisotopic (exact) mass is 1820 g/mol. The SMILES string of the molecule is Clc1ccc2ccccc2n1.Clc1cccc(-c2ccc3ccccc3n2)c1.O=CO[O-].OB(O)c1cccc(Cl)c1.[H-].[Na+].[Na+].[Pd].c1ccc(P(c2ccccc2)c2ccccc2)cc1.c1ccc(P(c2ccccc2)c2ccccc2)cc1.c1ccc(P(c2ccccc2)c2ccccc2)cc1.c1ccc(P(c2ccccc2)c2ccccc2)cc1. The molecule has 592 valence electrons. The average Bonchev–Trinajstić information content (AvgIpc) is 0.839. The van der Waals surface area contributed by atoms with E-state index in [1.165, 1.54) is 69.7 Å². The van der Waals surface area contributed by atoms with E-state index in [9.17, 15) is 0 Å². The van der Waals surface area contributed by atoms with Crippen LogP contribution in [0.2, 0.25) is 15.2 Å². The Bertz CT molecular complexity index is 5040. The number of pyridine rings is 2. The number of rotatable bonds is 15. The predicted octanol–water partition coefficient (Wildman–Crippen LogP) is 13.8. The summed E-state index contributed by atoms with van der Waals surface area (Å²) in [5, 5.41) is 46.6. The first-order valence-electron chi connectivity index (χ1n) is 37.9. The molecule has 0 amide bonds. The fraction of sp³-hybridized carbons (Fsp3) is 0. The van der Waals surface area contributed by atoms with E-state index >= 15 is 0 Å². The Labute approximate surface area is 790 Å². The third-order valence-electron chi connectivity index (χ3n) is 17.6. The Balaban J connectivity index is 0.000000195. The van der Waals surface area contributed by atoms with Crippen LogP contribution in [0, 0.1) is 0 Å². The van der Waals surface area contributed by atoms with E-state index in [0.717, 1.165) is 38.1 Å². The maximum atomic E-state index is 8.65. The largest absolute Gasteiger partial charge is 1.00 e. The van der Waals surface area contributed by atoms with E-state index in [1.807, 2.05) is 78.9 Å². The van der Waals surface area contributed by atoms with Crippen LogP contribution in [0.25, 0.3) is 33.1 Å². The molecular weight excluding hydrogens is 1740 g/mol. The van der Waals surface area contributed by atoms with E-state index in [4.69, 9.17) is 54.9 Å². The second kappa shape index (κ2) is 55.2. The summed E-state index contributed by atoms with van der Waals surface area (Å²) in [6.07, 6.45) is 0. The molecule has 2 heterocycles. The van der Waals surface area contributed by atoms with Gasteiger partial charge in [-0.15, -0.1) is 0 Å². The fourth-order valence-electron chi connectivity index (χ4n) is 12.3. The third kappa shape index (κ3) is 31.7. The first-order chi connectivity index (χ1) is 58.1. The van der Waals surface area contributed by atoms with Gasteiger partial charge in [-0.2, -0.15) is 0 Å². The van der Waals surface area contributed by atoms with Gasteiger partial charge in [-0.3, -0.25) is 4.79 Å². The zero-order valence-electron chi connectivity index (χ0n) is 67.6. The number of carbonyl (C=O) groups excluding carboxylic acids is 1. The molecule has 121 heavy (non-hydrogen) atoms. The third-order valence-corrected chi connectivity index (χ3v) is 28.1. The maximum Gasteiger partial charge on any atom is 1.00 e. The number of hydrogen-bond donors (Lipinski definition) is 2. The van der Waals surface area contributed by atoms with Crippen molar-refractivity contribution in [1.29, 1.82) is 0 Å². The van der Waals surface area contributed by atoms with Gasteiger partial charge in [0, 0.05) is 46.8 Å². The van der Waals surface area contributed by atoms with Crippen LogP contribution in [-0.2, 0) is 30.1 Å². The Kier molecular flexibility index (Phi) is 44.5. The van der Waals surface area contributed by atoms with Crippen LogP contribution in [-0.4, -0.2) is 33.6 Å². The number of aromatic nitrogens is 2. The van der Waals surface area contributed by atoms with Crippen molar-refractivity contribution >= 4 is 171 Å². The molecule has 7 nitrogen and oxygen atoms in total. The summed E-state index contributed by atoms with van der Waals surface area (Å²) >= 11 is 17.3. The van der Waals surface area contributed by atoms with Gasteiger partial charge in [-0.25, -0.2) is 9.97 Å². The van der Waals surface area contributed by atoms with Gasteiger partial charge in [0.25, 0.3) is 6.47 Å². The first-order valence-corrected chi connectivity index (χ1v) is 44.4. The van der Waals surface area contributed by atoms with E-state index in [0.29, 0.717) is 15.6 Å². The van der Waals surface area contributed by atoms with E-state index < -0.39 is 38.8 Å². The number of carbonyl (C=O) groups is 1. The molecule has 18 heteroatoms. The van der Waals surface area contributed by atoms with Gasteiger partial charge < -0.3 is 21.6 Å². The van der Waals surface area contributed by atoms with Crippen molar-refractivity contribution in [3.63, 3.8) is 0 Å². The van der Waals surface area contributed by atoms with Crippen molar-refractivity contribution in [1.82, 2.24) is 9.97 Å². The van der Waals surface area contributed by atoms with Gasteiger partial charge in [0.15, 0.2) is 0 Å². The summed E-state index contributed by atoms with van der Waals surface area (Å²) in [4.78, 5) is 20.0. The van der Waals surface area contributed by atoms with Gasteiger partial charge in [-0.1, -0.05) is 466 Å². The molecule has 16 aromatic carbocycles. The molecule has 18 rings (SSSR count). The van der Waals surface area contributed by atoms with Crippen molar-refractivity contribution in [3.8, 4) is 11.3 Å². The molecule has 2 aromatic heterocycles. The second-order valence-electron chi connectivity index (χ2n) is 25.7. The van der Waals surface area contributed by atoms with Gasteiger partial charge in [0.1, 0.15) is 5.15 Å². The minimum Gasteiger partial charge on any atom is -1.00 e. The Hall–Kier alpha value is -8.99. The summed E-state index contributed by atoms with van der Waals surface area (Å²) in [5.41, 5.74) is 4.35. The van der Waals surface area contributed by atoms with Crippen LogP contribution >= 0.6 is 66.5 Å². The van der Waals surface area contributed by atoms with Crippen molar-refractivity contribution < 1.29 is 106 Å². The van der Waals surface area contributed by atoms with Gasteiger partial charge >= 0.3 is 66.2 Å². The fourth-order valence-corrected chi connectivity index (χ4v) is 22.1. The van der Waals surface area contributed by atoms with Gasteiger partial charge in [0.05, 0.1) is 16.7 Å². The molecule has 0 fully saturated rings. The Morgan fingerprint density at radius 3 is 0.736 bits per heavy atom. The molecule has 2 N–H and O–H groups in total. The van der Waals surface area contributed by atoms with Crippen LogP contribution in [0.4, 0.5) is 0 Å². The standard InChI is InChI=1S/4C18H15P.C15H10ClN.C9H6ClN.C6H6BClO2.CH2O3.2Na.Pd.H/c4*1-4-10-16(11-5-1)19(17-12-6-2-7-13-17)18-14-8-3-9-15-18;16-13-6-3-5-12(10-13)15-9-8-11-4-1-2-7-14(11)17-15;10-9-6-5-7-3-1-2-4-8(7)11-9;8-6-3-1-2-5(4-6)7(9)10;2-1-4-3;;;;/h4*1-15H;1-10H;1-6H;1-4,9-10H;1,3H;;;;/q;;;;;;;;2*+1;;-1/p-1. The van der Waals surface area contributed by atoms with Crippen LogP contribution < -0.4 is 133 Å². The molecule has 0 bridgehead atoms. The topological polar surface area (TPSA) is 116 Å². The zero-order chi connectivity index (χ0) is 82.0. The van der Waals surface area contributed by atoms with Crippen molar-refractivity contribution in [2.75, 3.05) is 0 Å². The smallest absolute Gasteiger partial charge is 1.00 e. The molecule has 0 saturated heterocycles. The normalized spacial score (nSPS) is 10.0. The van der Waals surface area contributed by atoms with Crippen molar-refractivity contribution in [3.05, 3.63) is 501 Å². The number of fused-ring (bicyclic) bond motifs is 2. The number of hydrogen-bond acceptors (Lipinski definition) is 7. The second-order valence-corrected chi connectivity index (χ2v) is 35.9. The van der Waals surface area contributed by atoms with E-state index in [2.05, 4.69) is 391 Å². The molecule has 0 atom stereocenters. The molecule has 0 aliphatic carbocycles. The molecule has 18 aromatic rings. The number of halogens is 3. The molecule has 0 spiro atoms. The maximum absolute atomic E-state index is 8.65. The summed E-state index contributed by atoms with van der Waals surface area (Å²) < 4.78 is 0. The van der Waals surface area contributed by atoms with E-state index in [1.54, 1.807) is 24.3 Å². The number of benzene rings is 16. The first kappa shape index (κ1) is 97.5. The van der Waals surface area contributed by atoms with Crippen LogP contribution in [0.5, 0.6) is 0 Å². The number of para-hydroxylation sites is 2. The summed E-state index contributed by atoms with van der Waals surface area (Å²) in [6.45, 7) is -0.181. The molecule has 0 saturated carbocycles. The predicted molar refractivity (Wildman–Crippen MR) is 509 cm³/mol. The van der Waals surface area contributed by atoms with E-state index in [-0.39, 0.29) is 87.4 Å². The van der Waals surface area contributed by atoms with Crippen LogP contribution in [0.1, 0.15) is 1.43 Å². The summed E-state index contributed by atoms with van der Waals surface area (Å²) in [7, 11) is -3.22. The summed E-state index contributed by atoms with van der Waals surface area (Å²) in [6, 6.07) is 167. The number of nitrogens with zero attached hydrogens (tertiary/aromatic N) is 2. The average molecular weight is 1820 g/mol. The summed E-state index contributed by atoms with van der Waals surface area (Å²) in [5.74, 6) is 0. The Morgan fingerprint density at radius 2 is 0.504 bits per heavy atom. The van der Waals surface area contributed by atoms with Gasteiger partial charge in [-0.05, 0) is 155 Å². The van der Waals surface area contributed by atoms with Crippen LogP contribution in [0.15, 0.2) is 485 Å². The zero-order valence-corrected chi connectivity index (χ0v) is 78.0. The van der Waals surface area contributed by atoms with Crippen molar-refractivity contribution in [2.45, 2.75) is 0 Å². The molecule has 0 aliphatic rings. The quantitative estimate of drug-likeness (QED) is 0.0262. The minimum atomic E-state index is -1.43. The molecule has 0 aliphatic heterocycles.